The summed E-state index contributed by atoms with van der Waals surface area (Å²) >= 11 is 0. The molecule has 0 aliphatic carbocycles. The number of hydrogen-bond acceptors (Lipinski definition) is 5. The molecule has 7 nitrogen and oxygen atoms in total. The second-order valence-corrected chi connectivity index (χ2v) is 5.93. The van der Waals surface area contributed by atoms with Gasteiger partial charge < -0.3 is 5.32 Å². The number of hydrogen-bond donors (Lipinski definition) is 1. The first-order valence-electron chi connectivity index (χ1n) is 8.09. The van der Waals surface area contributed by atoms with Gasteiger partial charge in [-0.25, -0.2) is 4.68 Å². The van der Waals surface area contributed by atoms with Crippen LogP contribution in [0.2, 0.25) is 0 Å². The van der Waals surface area contributed by atoms with Crippen LogP contribution in [0.1, 0.15) is 28.5 Å². The molecule has 0 aliphatic heterocycles. The van der Waals surface area contributed by atoms with Gasteiger partial charge in [0, 0.05) is 24.4 Å². The van der Waals surface area contributed by atoms with E-state index in [1.165, 1.54) is 13.0 Å². The van der Waals surface area contributed by atoms with Gasteiger partial charge in [-0.05, 0) is 43.7 Å². The molecule has 26 heavy (non-hydrogen) atoms. The summed E-state index contributed by atoms with van der Waals surface area (Å²) in [6.07, 6.45) is 1.87. The first-order chi connectivity index (χ1) is 12.5. The number of nitrogens with one attached hydrogen (secondary N) is 1. The standard InChI is InChI=1S/C19H18N4O3/c1-13-9-10-22(21-13)18-6-4-3-5-16(18)12-20-17-8-7-15(14(2)24)11-19(17)23(25)26/h3-11,20H,12H2,1-2H3. The van der Waals surface area contributed by atoms with Gasteiger partial charge in [-0.3, -0.25) is 14.9 Å². The summed E-state index contributed by atoms with van der Waals surface area (Å²) < 4.78 is 1.78. The third-order valence-corrected chi connectivity index (χ3v) is 4.03. The Hall–Kier alpha value is -3.48. The van der Waals surface area contributed by atoms with Crippen molar-refractivity contribution < 1.29 is 9.72 Å². The maximum absolute atomic E-state index is 11.5. The molecule has 0 unspecified atom stereocenters. The fourth-order valence-corrected chi connectivity index (χ4v) is 2.67. The summed E-state index contributed by atoms with van der Waals surface area (Å²) in [7, 11) is 0. The van der Waals surface area contributed by atoms with Crippen molar-refractivity contribution in [3.05, 3.63) is 81.7 Å². The van der Waals surface area contributed by atoms with Crippen LogP contribution < -0.4 is 5.32 Å². The molecule has 0 fully saturated rings. The zero-order chi connectivity index (χ0) is 18.7. The highest BCUT2D eigenvalue weighted by molar-refractivity contribution is 5.95. The number of rotatable bonds is 6. The first kappa shape index (κ1) is 17.3. The van der Waals surface area contributed by atoms with Gasteiger partial charge in [0.15, 0.2) is 5.78 Å². The lowest BCUT2D eigenvalue weighted by Crippen LogP contribution is -2.07. The normalized spacial score (nSPS) is 10.5. The molecule has 0 atom stereocenters. The fraction of sp³-hybridized carbons (Fsp3) is 0.158. The predicted molar refractivity (Wildman–Crippen MR) is 98.7 cm³/mol. The van der Waals surface area contributed by atoms with E-state index in [0.29, 0.717) is 17.8 Å². The summed E-state index contributed by atoms with van der Waals surface area (Å²) in [6, 6.07) is 14.1. The topological polar surface area (TPSA) is 90.1 Å². The maximum Gasteiger partial charge on any atom is 0.293 e. The van der Waals surface area contributed by atoms with Crippen molar-refractivity contribution in [2.24, 2.45) is 0 Å². The highest BCUT2D eigenvalue weighted by Gasteiger charge is 2.16. The number of carbonyl (C=O) groups excluding carboxylic acids is 1. The minimum atomic E-state index is -0.489. The number of nitro groups is 1. The lowest BCUT2D eigenvalue weighted by atomic mass is 10.1. The minimum absolute atomic E-state index is 0.120. The summed E-state index contributed by atoms with van der Waals surface area (Å²) in [6.45, 7) is 3.68. The molecule has 0 saturated carbocycles. The number of aryl methyl sites for hydroxylation is 1. The van der Waals surface area contributed by atoms with E-state index in [4.69, 9.17) is 0 Å². The SMILES string of the molecule is CC(=O)c1ccc(NCc2ccccc2-n2ccc(C)n2)c([N+](=O)[O-])c1. The number of anilines is 1. The summed E-state index contributed by atoms with van der Waals surface area (Å²) in [5, 5.41) is 18.9. The van der Waals surface area contributed by atoms with Gasteiger partial charge in [0.25, 0.3) is 5.69 Å². The zero-order valence-electron chi connectivity index (χ0n) is 14.5. The molecule has 132 valence electrons. The van der Waals surface area contributed by atoms with E-state index in [1.54, 1.807) is 16.8 Å². The van der Waals surface area contributed by atoms with Crippen molar-refractivity contribution in [2.75, 3.05) is 5.32 Å². The van der Waals surface area contributed by atoms with Crippen LogP contribution in [0.5, 0.6) is 0 Å². The summed E-state index contributed by atoms with van der Waals surface area (Å²) in [4.78, 5) is 22.3. The lowest BCUT2D eigenvalue weighted by molar-refractivity contribution is -0.384. The number of nitrogens with zero attached hydrogens (tertiary/aromatic N) is 3. The number of Topliss-reactive ketones (excluding diaryl/α,β-unsaturated/α-hetero) is 1. The average molecular weight is 350 g/mol. The Labute approximate surface area is 150 Å². The number of benzene rings is 2. The largest absolute Gasteiger partial charge is 0.375 e. The predicted octanol–water partition coefficient (Wildman–Crippen LogP) is 3.90. The maximum atomic E-state index is 11.5. The smallest absolute Gasteiger partial charge is 0.293 e. The van der Waals surface area contributed by atoms with Crippen molar-refractivity contribution in [1.82, 2.24) is 9.78 Å². The van der Waals surface area contributed by atoms with Crippen LogP contribution in [0, 0.1) is 17.0 Å². The molecule has 3 aromatic rings. The molecule has 1 N–H and O–H groups in total. The lowest BCUT2D eigenvalue weighted by Gasteiger charge is -2.12. The Morgan fingerprint density at radius 1 is 1.23 bits per heavy atom. The Morgan fingerprint density at radius 3 is 2.65 bits per heavy atom. The summed E-state index contributed by atoms with van der Waals surface area (Å²) in [5.74, 6) is -0.209. The van der Waals surface area contributed by atoms with Crippen LogP contribution >= 0.6 is 0 Å². The van der Waals surface area contributed by atoms with E-state index in [0.717, 1.165) is 16.9 Å². The molecule has 2 aromatic carbocycles. The zero-order valence-corrected chi connectivity index (χ0v) is 14.5. The second-order valence-electron chi connectivity index (χ2n) is 5.93. The Bertz CT molecular complexity index is 978. The number of carbonyl (C=O) groups is 1. The average Bonchev–Trinajstić information content (AvgIpc) is 3.06. The highest BCUT2D eigenvalue weighted by Crippen LogP contribution is 2.27. The minimum Gasteiger partial charge on any atom is -0.375 e. The fourth-order valence-electron chi connectivity index (χ4n) is 2.67. The third kappa shape index (κ3) is 3.61. The molecule has 1 heterocycles. The van der Waals surface area contributed by atoms with Crippen LogP contribution in [0.25, 0.3) is 5.69 Å². The third-order valence-electron chi connectivity index (χ3n) is 4.03. The van der Waals surface area contributed by atoms with Crippen LogP contribution in [-0.4, -0.2) is 20.5 Å². The second kappa shape index (κ2) is 7.18. The number of aromatic nitrogens is 2. The van der Waals surface area contributed by atoms with Crippen LogP contribution in [0.3, 0.4) is 0 Å². The highest BCUT2D eigenvalue weighted by atomic mass is 16.6. The van der Waals surface area contributed by atoms with Gasteiger partial charge in [0.05, 0.1) is 16.3 Å². The van der Waals surface area contributed by atoms with Gasteiger partial charge in [0.2, 0.25) is 0 Å². The molecule has 7 heteroatoms. The first-order valence-corrected chi connectivity index (χ1v) is 8.09. The van der Waals surface area contributed by atoms with E-state index >= 15 is 0 Å². The van der Waals surface area contributed by atoms with Gasteiger partial charge in [-0.2, -0.15) is 5.10 Å². The van der Waals surface area contributed by atoms with E-state index in [-0.39, 0.29) is 11.5 Å². The molecule has 0 spiro atoms. The molecular formula is C19H18N4O3. The number of nitro benzene ring substituents is 1. The van der Waals surface area contributed by atoms with Crippen molar-refractivity contribution in [3.8, 4) is 5.69 Å². The molecule has 0 saturated heterocycles. The van der Waals surface area contributed by atoms with Gasteiger partial charge in [0.1, 0.15) is 5.69 Å². The van der Waals surface area contributed by atoms with E-state index in [9.17, 15) is 14.9 Å². The van der Waals surface area contributed by atoms with Crippen molar-refractivity contribution >= 4 is 17.2 Å². The molecular weight excluding hydrogens is 332 g/mol. The Morgan fingerprint density at radius 2 is 2.00 bits per heavy atom. The van der Waals surface area contributed by atoms with E-state index in [1.807, 2.05) is 43.5 Å². The van der Waals surface area contributed by atoms with Crippen LogP contribution in [-0.2, 0) is 6.54 Å². The van der Waals surface area contributed by atoms with Gasteiger partial charge >= 0.3 is 0 Å². The Kier molecular flexibility index (Phi) is 4.79. The van der Waals surface area contributed by atoms with Crippen molar-refractivity contribution in [3.63, 3.8) is 0 Å². The Balaban J connectivity index is 1.88. The molecule has 3 rings (SSSR count). The quantitative estimate of drug-likeness (QED) is 0.414. The summed E-state index contributed by atoms with van der Waals surface area (Å²) in [5.41, 5.74) is 3.31. The molecule has 0 amide bonds. The van der Waals surface area contributed by atoms with Gasteiger partial charge in [-0.15, -0.1) is 0 Å². The van der Waals surface area contributed by atoms with Crippen molar-refractivity contribution in [1.29, 1.82) is 0 Å². The molecule has 0 bridgehead atoms. The number of ketones is 1. The molecule has 0 radical (unpaired) electrons. The van der Waals surface area contributed by atoms with Crippen LogP contribution in [0.4, 0.5) is 11.4 Å². The van der Waals surface area contributed by atoms with Crippen LogP contribution in [0.15, 0.2) is 54.7 Å². The van der Waals surface area contributed by atoms with Gasteiger partial charge in [-0.1, -0.05) is 18.2 Å². The van der Waals surface area contributed by atoms with E-state index in [2.05, 4.69) is 10.4 Å². The van der Waals surface area contributed by atoms with E-state index < -0.39 is 4.92 Å². The molecule has 0 aliphatic rings. The van der Waals surface area contributed by atoms with Crippen molar-refractivity contribution in [2.45, 2.75) is 20.4 Å². The molecule has 1 aromatic heterocycles. The number of para-hydroxylation sites is 1. The monoisotopic (exact) mass is 350 g/mol.